The molecule has 0 amide bonds. The van der Waals surface area contributed by atoms with Gasteiger partial charge in [0.2, 0.25) is 0 Å². The van der Waals surface area contributed by atoms with Crippen LogP contribution >= 0.6 is 17.2 Å². The molecule has 0 N–H and O–H groups in total. The Morgan fingerprint density at radius 3 is 2.00 bits per heavy atom. The van der Waals surface area contributed by atoms with Crippen molar-refractivity contribution >= 4 is 36.2 Å². The second kappa shape index (κ2) is 4.35. The average Bonchev–Trinajstić information content (AvgIpc) is 1.35. The molecule has 0 bridgehead atoms. The minimum absolute atomic E-state index is 1.90. The molecule has 0 atom stereocenters. The molecule has 0 aromatic rings. The van der Waals surface area contributed by atoms with Gasteiger partial charge in [-0.25, -0.2) is 0 Å². The van der Waals surface area contributed by atoms with E-state index in [1.807, 2.05) is 16.8 Å². The summed E-state index contributed by atoms with van der Waals surface area (Å²) >= 11 is -1.95. The first-order chi connectivity index (χ1) is 2.77. The maximum atomic E-state index is 5.47. The molecule has 0 aromatic carbocycles. The average molecular weight is 227 g/mol. The standard InChI is InChI=1S/C3H5.2ClH.In/c1-3-2;;;/h1,3H,2H3;2*1H;/q;;;+2/p-2. The van der Waals surface area contributed by atoms with Gasteiger partial charge in [-0.05, 0) is 0 Å². The van der Waals surface area contributed by atoms with Crippen molar-refractivity contribution in [2.24, 2.45) is 0 Å². The summed E-state index contributed by atoms with van der Waals surface area (Å²) in [6.45, 7) is 1.93. The molecule has 0 aromatic heterocycles. The summed E-state index contributed by atoms with van der Waals surface area (Å²) in [5.41, 5.74) is 0. The summed E-state index contributed by atoms with van der Waals surface area (Å²) in [4.78, 5) is 0. The number of halogens is 2. The summed E-state index contributed by atoms with van der Waals surface area (Å²) < 4.78 is 1.91. The Balaban J connectivity index is 3.03. The SMILES string of the molecule is C/C=[CH]\[In]([Cl])[Cl]. The zero-order chi connectivity index (χ0) is 4.99. The van der Waals surface area contributed by atoms with Crippen LogP contribution in [0.15, 0.2) is 9.91 Å². The van der Waals surface area contributed by atoms with Gasteiger partial charge in [0.1, 0.15) is 0 Å². The quantitative estimate of drug-likeness (QED) is 0.642. The summed E-state index contributed by atoms with van der Waals surface area (Å²) in [7, 11) is 10.9. The Kier molecular flexibility index (Phi) is 5.21. The van der Waals surface area contributed by atoms with Gasteiger partial charge >= 0.3 is 53.1 Å². The van der Waals surface area contributed by atoms with E-state index in [1.165, 1.54) is 0 Å². The maximum absolute atomic E-state index is 5.47. The van der Waals surface area contributed by atoms with E-state index < -0.39 is 19.1 Å². The van der Waals surface area contributed by atoms with Gasteiger partial charge in [-0.3, -0.25) is 0 Å². The molecule has 0 rings (SSSR count). The first-order valence-corrected chi connectivity index (χ1v) is 11.9. The number of hydrogen-bond donors (Lipinski definition) is 0. The molecule has 34 valence electrons. The zero-order valence-electron chi connectivity index (χ0n) is 3.49. The van der Waals surface area contributed by atoms with Gasteiger partial charge in [-0.1, -0.05) is 0 Å². The fourth-order valence-corrected chi connectivity index (χ4v) is 2.93. The number of rotatable bonds is 1. The fraction of sp³-hybridized carbons (Fsp3) is 0.333. The van der Waals surface area contributed by atoms with Crippen LogP contribution in [0.4, 0.5) is 0 Å². The van der Waals surface area contributed by atoms with E-state index in [0.717, 1.165) is 0 Å². The van der Waals surface area contributed by atoms with Crippen molar-refractivity contribution in [2.75, 3.05) is 0 Å². The topological polar surface area (TPSA) is 0 Å². The summed E-state index contributed by atoms with van der Waals surface area (Å²) in [6.07, 6.45) is 1.90. The van der Waals surface area contributed by atoms with Crippen LogP contribution in [0.3, 0.4) is 0 Å². The molecule has 0 heterocycles. The molecular formula is C3H5Cl2In. The molecule has 0 aliphatic carbocycles. The predicted molar refractivity (Wildman–Crippen MR) is 32.3 cm³/mol. The van der Waals surface area contributed by atoms with Crippen molar-refractivity contribution in [2.45, 2.75) is 6.92 Å². The molecule has 0 radical (unpaired) electrons. The van der Waals surface area contributed by atoms with Gasteiger partial charge in [0.05, 0.1) is 0 Å². The molecule has 6 heavy (non-hydrogen) atoms. The fourth-order valence-electron chi connectivity index (χ4n) is 0.145. The molecule has 0 saturated heterocycles. The Morgan fingerprint density at radius 2 is 2.00 bits per heavy atom. The van der Waals surface area contributed by atoms with Crippen molar-refractivity contribution in [3.63, 3.8) is 0 Å². The second-order valence-corrected chi connectivity index (χ2v) is 11.7. The van der Waals surface area contributed by atoms with Crippen LogP contribution in [0, 0.1) is 0 Å². The van der Waals surface area contributed by atoms with Crippen LogP contribution < -0.4 is 0 Å². The molecule has 0 fully saturated rings. The van der Waals surface area contributed by atoms with E-state index in [9.17, 15) is 0 Å². The van der Waals surface area contributed by atoms with Crippen molar-refractivity contribution in [3.05, 3.63) is 9.91 Å². The third kappa shape index (κ3) is 5.19. The zero-order valence-corrected chi connectivity index (χ0v) is 8.30. The Morgan fingerprint density at radius 1 is 1.50 bits per heavy atom. The van der Waals surface area contributed by atoms with E-state index in [1.54, 1.807) is 0 Å². The first-order valence-electron chi connectivity index (χ1n) is 1.68. The molecule has 3 heteroatoms. The second-order valence-electron chi connectivity index (χ2n) is 0.860. The third-order valence-electron chi connectivity index (χ3n) is 0.338. The van der Waals surface area contributed by atoms with E-state index in [2.05, 4.69) is 0 Å². The number of hydrogen-bond acceptors (Lipinski definition) is 0. The van der Waals surface area contributed by atoms with Crippen molar-refractivity contribution < 1.29 is 0 Å². The summed E-state index contributed by atoms with van der Waals surface area (Å²) in [6, 6.07) is 0. The Labute approximate surface area is 52.8 Å². The van der Waals surface area contributed by atoms with Gasteiger partial charge in [0.15, 0.2) is 0 Å². The van der Waals surface area contributed by atoms with Crippen LogP contribution in [-0.4, -0.2) is 19.1 Å². The Bertz CT molecular complexity index is 50.8. The molecular weight excluding hydrogens is 222 g/mol. The predicted octanol–water partition coefficient (Wildman–Crippen LogP) is 2.07. The first kappa shape index (κ1) is 7.19. The van der Waals surface area contributed by atoms with Crippen LogP contribution in [-0.2, 0) is 0 Å². The van der Waals surface area contributed by atoms with Crippen LogP contribution in [0.2, 0.25) is 0 Å². The molecule has 0 saturated carbocycles. The molecule has 0 unspecified atom stereocenters. The van der Waals surface area contributed by atoms with E-state index in [-0.39, 0.29) is 0 Å². The molecule has 0 aliphatic heterocycles. The van der Waals surface area contributed by atoms with Crippen molar-refractivity contribution in [3.8, 4) is 0 Å². The van der Waals surface area contributed by atoms with Gasteiger partial charge in [0.25, 0.3) is 0 Å². The molecule has 0 aliphatic rings. The van der Waals surface area contributed by atoms with Crippen molar-refractivity contribution in [1.29, 1.82) is 0 Å². The van der Waals surface area contributed by atoms with Crippen LogP contribution in [0.25, 0.3) is 0 Å². The summed E-state index contributed by atoms with van der Waals surface area (Å²) in [5, 5.41) is 0. The Hall–Kier alpha value is 1.19. The third-order valence-corrected chi connectivity index (χ3v) is 4.22. The van der Waals surface area contributed by atoms with Crippen LogP contribution in [0.5, 0.6) is 0 Å². The monoisotopic (exact) mass is 226 g/mol. The normalized spacial score (nSPS) is 9.83. The molecule has 0 spiro atoms. The van der Waals surface area contributed by atoms with Gasteiger partial charge in [-0.2, -0.15) is 0 Å². The van der Waals surface area contributed by atoms with E-state index in [4.69, 9.17) is 17.2 Å². The van der Waals surface area contributed by atoms with Gasteiger partial charge in [0, 0.05) is 0 Å². The van der Waals surface area contributed by atoms with Crippen molar-refractivity contribution in [1.82, 2.24) is 0 Å². The number of allylic oxidation sites excluding steroid dienone is 1. The van der Waals surface area contributed by atoms with E-state index in [0.29, 0.717) is 0 Å². The molecule has 0 nitrogen and oxygen atoms in total. The van der Waals surface area contributed by atoms with Gasteiger partial charge in [-0.15, -0.1) is 0 Å². The van der Waals surface area contributed by atoms with Crippen LogP contribution in [0.1, 0.15) is 6.92 Å². The van der Waals surface area contributed by atoms with Gasteiger partial charge < -0.3 is 0 Å². The van der Waals surface area contributed by atoms with E-state index >= 15 is 0 Å². The minimum atomic E-state index is -1.95. The summed E-state index contributed by atoms with van der Waals surface area (Å²) in [5.74, 6) is 0.